The molecule has 3 aliphatic heterocycles. The quantitative estimate of drug-likeness (QED) is 0.858. The van der Waals surface area contributed by atoms with Crippen LogP contribution in [0.25, 0.3) is 0 Å². The van der Waals surface area contributed by atoms with Crippen LogP contribution in [0.2, 0.25) is 0 Å². The van der Waals surface area contributed by atoms with Gasteiger partial charge in [-0.3, -0.25) is 4.79 Å². The third kappa shape index (κ3) is 3.86. The second kappa shape index (κ2) is 7.62. The zero-order chi connectivity index (χ0) is 13.1. The summed E-state index contributed by atoms with van der Waals surface area (Å²) in [7, 11) is 0. The lowest BCUT2D eigenvalue weighted by Gasteiger charge is -2.35. The number of hydrogen-bond donors (Lipinski definition) is 1. The van der Waals surface area contributed by atoms with E-state index in [1.54, 1.807) is 0 Å². The summed E-state index contributed by atoms with van der Waals surface area (Å²) in [5.41, 5.74) is 0. The first-order valence-electron chi connectivity index (χ1n) is 8.07. The Labute approximate surface area is 128 Å². The number of carbonyl (C=O) groups is 1. The average molecular weight is 302 g/mol. The Morgan fingerprint density at radius 2 is 1.70 bits per heavy atom. The van der Waals surface area contributed by atoms with Crippen LogP contribution < -0.4 is 5.32 Å². The fourth-order valence-electron chi connectivity index (χ4n) is 3.78. The van der Waals surface area contributed by atoms with Gasteiger partial charge in [-0.2, -0.15) is 0 Å². The Bertz CT molecular complexity index is 306. The summed E-state index contributed by atoms with van der Waals surface area (Å²) in [6.45, 7) is 6.84. The van der Waals surface area contributed by atoms with E-state index in [1.165, 1.54) is 45.3 Å². The number of nitrogens with zero attached hydrogens (tertiary/aromatic N) is 2. The van der Waals surface area contributed by atoms with E-state index in [1.807, 2.05) is 0 Å². The van der Waals surface area contributed by atoms with Gasteiger partial charge in [0.15, 0.2) is 0 Å². The van der Waals surface area contributed by atoms with Crippen molar-refractivity contribution in [2.45, 2.75) is 44.6 Å². The molecular weight excluding hydrogens is 274 g/mol. The van der Waals surface area contributed by atoms with Gasteiger partial charge in [0.1, 0.15) is 0 Å². The van der Waals surface area contributed by atoms with E-state index in [-0.39, 0.29) is 18.4 Å². The molecule has 3 saturated heterocycles. The van der Waals surface area contributed by atoms with Crippen molar-refractivity contribution in [1.29, 1.82) is 0 Å². The van der Waals surface area contributed by atoms with Gasteiger partial charge in [-0.15, -0.1) is 12.4 Å². The largest absolute Gasteiger partial charge is 0.341 e. The smallest absolute Gasteiger partial charge is 0.239 e. The molecular formula is C15H28ClN3O. The van der Waals surface area contributed by atoms with Crippen molar-refractivity contribution in [2.24, 2.45) is 5.92 Å². The predicted octanol–water partition coefficient (Wildman–Crippen LogP) is 1.49. The lowest BCUT2D eigenvalue weighted by atomic mass is 9.95. The molecule has 1 amide bonds. The minimum atomic E-state index is 0. The highest BCUT2D eigenvalue weighted by Gasteiger charge is 2.30. The van der Waals surface area contributed by atoms with Gasteiger partial charge in [0.25, 0.3) is 0 Å². The highest BCUT2D eigenvalue weighted by Crippen LogP contribution is 2.22. The monoisotopic (exact) mass is 301 g/mol. The van der Waals surface area contributed by atoms with Gasteiger partial charge in [-0.1, -0.05) is 0 Å². The van der Waals surface area contributed by atoms with Gasteiger partial charge >= 0.3 is 0 Å². The van der Waals surface area contributed by atoms with E-state index in [0.717, 1.165) is 38.4 Å². The van der Waals surface area contributed by atoms with Crippen LogP contribution in [0, 0.1) is 5.92 Å². The second-order valence-electron chi connectivity index (χ2n) is 6.43. The van der Waals surface area contributed by atoms with Crippen molar-refractivity contribution in [3.8, 4) is 0 Å². The molecule has 1 N–H and O–H groups in total. The predicted molar refractivity (Wildman–Crippen MR) is 83.3 cm³/mol. The zero-order valence-corrected chi connectivity index (χ0v) is 13.2. The molecule has 3 heterocycles. The maximum atomic E-state index is 12.3. The summed E-state index contributed by atoms with van der Waals surface area (Å²) in [5, 5.41) is 3.32. The van der Waals surface area contributed by atoms with E-state index in [2.05, 4.69) is 15.1 Å². The number of carbonyl (C=O) groups excluding carboxylic acids is 1. The van der Waals surface area contributed by atoms with Gasteiger partial charge in [-0.05, 0) is 64.1 Å². The minimum absolute atomic E-state index is 0. The SMILES string of the molecule is Cl.O=C(C1CCCN1)N1CCC(CN2CCCC2)CC1. The molecule has 0 aromatic heterocycles. The molecule has 0 spiro atoms. The van der Waals surface area contributed by atoms with Gasteiger partial charge in [0.05, 0.1) is 6.04 Å². The van der Waals surface area contributed by atoms with Crippen molar-refractivity contribution < 1.29 is 4.79 Å². The van der Waals surface area contributed by atoms with Crippen LogP contribution in [0.15, 0.2) is 0 Å². The molecule has 0 bridgehead atoms. The Balaban J connectivity index is 0.00000147. The number of nitrogens with one attached hydrogen (secondary N) is 1. The van der Waals surface area contributed by atoms with E-state index < -0.39 is 0 Å². The third-order valence-corrected chi connectivity index (χ3v) is 5.00. The third-order valence-electron chi connectivity index (χ3n) is 5.00. The normalized spacial score (nSPS) is 28.6. The first-order chi connectivity index (χ1) is 9.33. The fraction of sp³-hybridized carbons (Fsp3) is 0.933. The van der Waals surface area contributed by atoms with Crippen LogP contribution in [0.1, 0.15) is 38.5 Å². The van der Waals surface area contributed by atoms with E-state index in [9.17, 15) is 4.79 Å². The van der Waals surface area contributed by atoms with Crippen molar-refractivity contribution in [3.63, 3.8) is 0 Å². The molecule has 20 heavy (non-hydrogen) atoms. The van der Waals surface area contributed by atoms with Crippen LogP contribution in [-0.4, -0.2) is 61.0 Å². The molecule has 0 aliphatic carbocycles. The topological polar surface area (TPSA) is 35.6 Å². The van der Waals surface area contributed by atoms with Crippen molar-refractivity contribution in [1.82, 2.24) is 15.1 Å². The van der Waals surface area contributed by atoms with Crippen LogP contribution >= 0.6 is 12.4 Å². The van der Waals surface area contributed by atoms with Crippen LogP contribution in [0.5, 0.6) is 0 Å². The molecule has 1 atom stereocenters. The first-order valence-corrected chi connectivity index (χ1v) is 8.07. The summed E-state index contributed by atoms with van der Waals surface area (Å²) in [4.78, 5) is 17.0. The lowest BCUT2D eigenvalue weighted by molar-refractivity contribution is -0.134. The van der Waals surface area contributed by atoms with Crippen LogP contribution in [0.4, 0.5) is 0 Å². The lowest BCUT2D eigenvalue weighted by Crippen LogP contribution is -2.48. The van der Waals surface area contributed by atoms with Crippen LogP contribution in [-0.2, 0) is 4.79 Å². The Morgan fingerprint density at radius 1 is 1.00 bits per heavy atom. The van der Waals surface area contributed by atoms with Crippen LogP contribution in [0.3, 0.4) is 0 Å². The summed E-state index contributed by atoms with van der Waals surface area (Å²) in [5.74, 6) is 1.18. The van der Waals surface area contributed by atoms with E-state index in [0.29, 0.717) is 5.91 Å². The molecule has 0 radical (unpaired) electrons. The maximum Gasteiger partial charge on any atom is 0.239 e. The first kappa shape index (κ1) is 16.1. The molecule has 0 aromatic rings. The molecule has 1 unspecified atom stereocenters. The standard InChI is InChI=1S/C15H27N3O.ClH/c19-15(14-4-3-7-16-14)18-10-5-13(6-11-18)12-17-8-1-2-9-17;/h13-14,16H,1-12H2;1H. The molecule has 116 valence electrons. The summed E-state index contributed by atoms with van der Waals surface area (Å²) >= 11 is 0. The Hall–Kier alpha value is -0.320. The highest BCUT2D eigenvalue weighted by molar-refractivity contribution is 5.85. The van der Waals surface area contributed by atoms with Gasteiger partial charge < -0.3 is 15.1 Å². The second-order valence-corrected chi connectivity index (χ2v) is 6.43. The molecule has 4 nitrogen and oxygen atoms in total. The molecule has 3 fully saturated rings. The molecule has 3 rings (SSSR count). The average Bonchev–Trinajstić information content (AvgIpc) is 3.12. The van der Waals surface area contributed by atoms with Crippen molar-refractivity contribution >= 4 is 18.3 Å². The minimum Gasteiger partial charge on any atom is -0.341 e. The number of rotatable bonds is 3. The summed E-state index contributed by atoms with van der Waals surface area (Å²) < 4.78 is 0. The summed E-state index contributed by atoms with van der Waals surface area (Å²) in [6.07, 6.45) is 7.35. The zero-order valence-electron chi connectivity index (χ0n) is 12.4. The maximum absolute atomic E-state index is 12.3. The highest BCUT2D eigenvalue weighted by atomic mass is 35.5. The van der Waals surface area contributed by atoms with E-state index in [4.69, 9.17) is 0 Å². The molecule has 3 aliphatic rings. The Kier molecular flexibility index (Phi) is 6.12. The van der Waals surface area contributed by atoms with E-state index >= 15 is 0 Å². The Morgan fingerprint density at radius 3 is 2.30 bits per heavy atom. The molecule has 0 aromatic carbocycles. The fourth-order valence-corrected chi connectivity index (χ4v) is 3.78. The number of halogens is 1. The van der Waals surface area contributed by atoms with Crippen molar-refractivity contribution in [3.05, 3.63) is 0 Å². The summed E-state index contributed by atoms with van der Waals surface area (Å²) in [6, 6.07) is 0.120. The number of piperidine rings is 1. The molecule has 5 heteroatoms. The van der Waals surface area contributed by atoms with Gasteiger partial charge in [-0.25, -0.2) is 0 Å². The van der Waals surface area contributed by atoms with Gasteiger partial charge in [0, 0.05) is 19.6 Å². The number of likely N-dealkylation sites (tertiary alicyclic amines) is 2. The van der Waals surface area contributed by atoms with Gasteiger partial charge in [0.2, 0.25) is 5.91 Å². The van der Waals surface area contributed by atoms with Crippen molar-refractivity contribution in [2.75, 3.05) is 39.3 Å². The number of hydrogen-bond acceptors (Lipinski definition) is 3. The number of amides is 1. The molecule has 0 saturated carbocycles.